The molecule has 0 aliphatic carbocycles. The maximum absolute atomic E-state index is 9.59. The molecule has 1 aromatic rings. The molecule has 2 nitrogen and oxygen atoms in total. The summed E-state index contributed by atoms with van der Waals surface area (Å²) in [6, 6.07) is 4.60. The van der Waals surface area contributed by atoms with Gasteiger partial charge in [0.25, 0.3) is 0 Å². The molecule has 0 saturated carbocycles. The highest BCUT2D eigenvalue weighted by Gasteiger charge is 2.21. The van der Waals surface area contributed by atoms with Crippen molar-refractivity contribution in [3.05, 3.63) is 34.4 Å². The Morgan fingerprint density at radius 3 is 1.83 bits per heavy atom. The van der Waals surface area contributed by atoms with Gasteiger partial charge in [0.1, 0.15) is 0 Å². The van der Waals surface area contributed by atoms with E-state index in [-0.39, 0.29) is 18.1 Å². The third-order valence-electron chi connectivity index (χ3n) is 3.59. The first kappa shape index (κ1) is 15.2. The van der Waals surface area contributed by atoms with Gasteiger partial charge in [0, 0.05) is 0 Å². The van der Waals surface area contributed by atoms with Crippen LogP contribution in [-0.2, 0) is 5.41 Å². The van der Waals surface area contributed by atoms with Crippen LogP contribution in [0.15, 0.2) is 12.1 Å². The number of aryl methyl sites for hydroxylation is 2. The summed E-state index contributed by atoms with van der Waals surface area (Å²) in [5.41, 5.74) is 5.33. The predicted octanol–water partition coefficient (Wildman–Crippen LogP) is 3.20. The van der Waals surface area contributed by atoms with Crippen molar-refractivity contribution >= 4 is 0 Å². The number of rotatable bonds is 3. The Kier molecular flexibility index (Phi) is 4.57. The second-order valence-corrected chi connectivity index (χ2v) is 6.44. The summed E-state index contributed by atoms with van der Waals surface area (Å²) in [7, 11) is 4.02. The van der Waals surface area contributed by atoms with Crippen LogP contribution in [-0.4, -0.2) is 30.7 Å². The van der Waals surface area contributed by atoms with E-state index >= 15 is 0 Å². The van der Waals surface area contributed by atoms with E-state index < -0.39 is 0 Å². The van der Waals surface area contributed by atoms with Crippen molar-refractivity contribution in [2.75, 3.05) is 20.7 Å². The lowest BCUT2D eigenvalue weighted by atomic mass is 9.82. The summed E-state index contributed by atoms with van der Waals surface area (Å²) < 4.78 is 0. The predicted molar refractivity (Wildman–Crippen MR) is 78.1 cm³/mol. The summed E-state index contributed by atoms with van der Waals surface area (Å²) in [6.07, 6.45) is 0. The van der Waals surface area contributed by atoms with Gasteiger partial charge in [-0.3, -0.25) is 0 Å². The zero-order chi connectivity index (χ0) is 14.1. The molecule has 1 unspecified atom stereocenters. The van der Waals surface area contributed by atoms with Gasteiger partial charge < -0.3 is 10.0 Å². The Bertz CT molecular complexity index is 393. The summed E-state index contributed by atoms with van der Waals surface area (Å²) in [4.78, 5) is 2.08. The van der Waals surface area contributed by atoms with E-state index in [9.17, 15) is 5.11 Å². The van der Waals surface area contributed by atoms with Crippen LogP contribution in [0.5, 0.6) is 0 Å². The molecule has 0 aromatic heterocycles. The van der Waals surface area contributed by atoms with Gasteiger partial charge in [-0.1, -0.05) is 32.9 Å². The minimum Gasteiger partial charge on any atom is -0.394 e. The molecule has 0 amide bonds. The van der Waals surface area contributed by atoms with Crippen molar-refractivity contribution in [1.29, 1.82) is 0 Å². The second kappa shape index (κ2) is 5.41. The lowest BCUT2D eigenvalue weighted by molar-refractivity contribution is 0.170. The largest absolute Gasteiger partial charge is 0.394 e. The van der Waals surface area contributed by atoms with Gasteiger partial charge in [-0.25, -0.2) is 0 Å². The number of hydrogen-bond donors (Lipinski definition) is 1. The first-order chi connectivity index (χ1) is 8.18. The average molecular weight is 249 g/mol. The minimum atomic E-state index is 0.0824. The molecule has 1 aromatic carbocycles. The molecule has 0 saturated heterocycles. The van der Waals surface area contributed by atoms with Crippen LogP contribution in [0.25, 0.3) is 0 Å². The van der Waals surface area contributed by atoms with Gasteiger partial charge in [0.05, 0.1) is 12.6 Å². The van der Waals surface area contributed by atoms with Crippen LogP contribution in [0.2, 0.25) is 0 Å². The number of aliphatic hydroxyl groups excluding tert-OH is 1. The third-order valence-corrected chi connectivity index (χ3v) is 3.59. The van der Waals surface area contributed by atoms with Crippen LogP contribution in [0, 0.1) is 13.8 Å². The zero-order valence-electron chi connectivity index (χ0n) is 12.8. The molecule has 0 bridgehead atoms. The minimum absolute atomic E-state index is 0.0824. The molecule has 0 radical (unpaired) electrons. The Labute approximate surface area is 112 Å². The van der Waals surface area contributed by atoms with Crippen molar-refractivity contribution in [3.8, 4) is 0 Å². The van der Waals surface area contributed by atoms with Crippen molar-refractivity contribution in [2.45, 2.75) is 46.1 Å². The summed E-state index contributed by atoms with van der Waals surface area (Å²) >= 11 is 0. The quantitative estimate of drug-likeness (QED) is 0.889. The first-order valence-corrected chi connectivity index (χ1v) is 6.57. The Morgan fingerprint density at radius 2 is 1.56 bits per heavy atom. The van der Waals surface area contributed by atoms with E-state index in [4.69, 9.17) is 0 Å². The number of likely N-dealkylation sites (N-methyl/N-ethyl adjacent to an activating group) is 1. The Hall–Kier alpha value is -0.860. The topological polar surface area (TPSA) is 23.5 Å². The van der Waals surface area contributed by atoms with E-state index in [1.165, 1.54) is 22.3 Å². The van der Waals surface area contributed by atoms with E-state index in [2.05, 4.69) is 51.7 Å². The number of nitrogens with zero attached hydrogens (tertiary/aromatic N) is 1. The van der Waals surface area contributed by atoms with Crippen molar-refractivity contribution in [2.24, 2.45) is 0 Å². The number of benzene rings is 1. The molecular formula is C16H27NO. The summed E-state index contributed by atoms with van der Waals surface area (Å²) in [6.45, 7) is 11.1. The van der Waals surface area contributed by atoms with Gasteiger partial charge >= 0.3 is 0 Å². The molecule has 0 fully saturated rings. The lowest BCUT2D eigenvalue weighted by Gasteiger charge is -2.28. The van der Waals surface area contributed by atoms with Crippen LogP contribution < -0.4 is 0 Å². The monoisotopic (exact) mass is 249 g/mol. The van der Waals surface area contributed by atoms with Gasteiger partial charge in [-0.05, 0) is 55.6 Å². The maximum atomic E-state index is 9.59. The molecule has 0 aliphatic rings. The van der Waals surface area contributed by atoms with Crippen LogP contribution in [0.4, 0.5) is 0 Å². The van der Waals surface area contributed by atoms with Gasteiger partial charge in [-0.15, -0.1) is 0 Å². The van der Waals surface area contributed by atoms with Crippen LogP contribution in [0.1, 0.15) is 49.1 Å². The summed E-state index contributed by atoms with van der Waals surface area (Å²) in [5.74, 6) is 0. The van der Waals surface area contributed by atoms with Crippen molar-refractivity contribution in [3.63, 3.8) is 0 Å². The standard InChI is InChI=1S/C16H27NO/c1-11-8-13(16(3,4)5)9-12(2)15(11)14(10-18)17(6)7/h8-9,14,18H,10H2,1-7H3. The highest BCUT2D eigenvalue weighted by molar-refractivity contribution is 5.42. The third kappa shape index (κ3) is 3.12. The highest BCUT2D eigenvalue weighted by Crippen LogP contribution is 2.31. The molecule has 1 atom stereocenters. The van der Waals surface area contributed by atoms with E-state index in [1.54, 1.807) is 0 Å². The summed E-state index contributed by atoms with van der Waals surface area (Å²) in [5, 5.41) is 9.59. The van der Waals surface area contributed by atoms with Crippen LogP contribution in [0.3, 0.4) is 0 Å². The molecule has 18 heavy (non-hydrogen) atoms. The average Bonchev–Trinajstić information content (AvgIpc) is 2.20. The molecule has 102 valence electrons. The fraction of sp³-hybridized carbons (Fsp3) is 0.625. The normalized spacial score (nSPS) is 14.1. The van der Waals surface area contributed by atoms with Gasteiger partial charge in [0.15, 0.2) is 0 Å². The lowest BCUT2D eigenvalue weighted by Crippen LogP contribution is -2.25. The van der Waals surface area contributed by atoms with E-state index in [0.29, 0.717) is 0 Å². The smallest absolute Gasteiger partial charge is 0.0628 e. The van der Waals surface area contributed by atoms with Crippen LogP contribution >= 0.6 is 0 Å². The Morgan fingerprint density at radius 1 is 1.11 bits per heavy atom. The molecule has 1 rings (SSSR count). The second-order valence-electron chi connectivity index (χ2n) is 6.44. The molecule has 0 aliphatic heterocycles. The molecule has 0 heterocycles. The van der Waals surface area contributed by atoms with E-state index in [0.717, 1.165) is 0 Å². The maximum Gasteiger partial charge on any atom is 0.0628 e. The van der Waals surface area contributed by atoms with Gasteiger partial charge in [0.2, 0.25) is 0 Å². The van der Waals surface area contributed by atoms with E-state index in [1.807, 2.05) is 14.1 Å². The first-order valence-electron chi connectivity index (χ1n) is 6.57. The number of aliphatic hydroxyl groups is 1. The highest BCUT2D eigenvalue weighted by atomic mass is 16.3. The molecule has 1 N–H and O–H groups in total. The number of hydrogen-bond acceptors (Lipinski definition) is 2. The van der Waals surface area contributed by atoms with Crippen molar-refractivity contribution in [1.82, 2.24) is 4.90 Å². The zero-order valence-corrected chi connectivity index (χ0v) is 12.8. The SMILES string of the molecule is Cc1cc(C(C)(C)C)cc(C)c1C(CO)N(C)C. The molecular weight excluding hydrogens is 222 g/mol. The molecule has 0 spiro atoms. The van der Waals surface area contributed by atoms with Gasteiger partial charge in [-0.2, -0.15) is 0 Å². The fourth-order valence-corrected chi connectivity index (χ4v) is 2.45. The molecule has 2 heteroatoms. The fourth-order valence-electron chi connectivity index (χ4n) is 2.45. The van der Waals surface area contributed by atoms with Crippen molar-refractivity contribution < 1.29 is 5.11 Å². The Balaban J connectivity index is 3.32.